The fourth-order valence-electron chi connectivity index (χ4n) is 2.18. The molecule has 0 amide bonds. The van der Waals surface area contributed by atoms with Crippen molar-refractivity contribution >= 4 is 31.9 Å². The summed E-state index contributed by atoms with van der Waals surface area (Å²) < 4.78 is 1.81. The molecule has 0 unspecified atom stereocenters. The fraction of sp³-hybridized carbons (Fsp3) is 0.400. The number of hydrogen-bond acceptors (Lipinski definition) is 4. The lowest BCUT2D eigenvalue weighted by atomic mass is 10.1. The van der Waals surface area contributed by atoms with Gasteiger partial charge in [-0.3, -0.25) is 4.98 Å². The zero-order valence-electron chi connectivity index (χ0n) is 12.4. The molecule has 1 N–H and O–H groups in total. The molecule has 0 saturated carbocycles. The highest BCUT2D eigenvalue weighted by molar-refractivity contribution is 9.11. The van der Waals surface area contributed by atoms with E-state index in [-0.39, 0.29) is 0 Å². The lowest BCUT2D eigenvalue weighted by Gasteiger charge is -2.11. The molecule has 0 atom stereocenters. The summed E-state index contributed by atoms with van der Waals surface area (Å²) in [5.74, 6) is 0.663. The zero-order chi connectivity index (χ0) is 15.4. The Bertz CT molecular complexity index is 621. The first-order valence-electron chi connectivity index (χ1n) is 6.89. The number of rotatable bonds is 5. The highest BCUT2D eigenvalue weighted by Crippen LogP contribution is 2.27. The molecule has 0 bridgehead atoms. The average molecular weight is 414 g/mol. The van der Waals surface area contributed by atoms with Crippen molar-refractivity contribution in [1.29, 1.82) is 0 Å². The lowest BCUT2D eigenvalue weighted by Crippen LogP contribution is -2.18. The van der Waals surface area contributed by atoms with Crippen molar-refractivity contribution in [2.24, 2.45) is 0 Å². The van der Waals surface area contributed by atoms with Crippen LogP contribution in [0, 0.1) is 13.8 Å². The van der Waals surface area contributed by atoms with Crippen molar-refractivity contribution in [1.82, 2.24) is 20.3 Å². The number of halogens is 2. The van der Waals surface area contributed by atoms with Gasteiger partial charge in [-0.25, -0.2) is 9.97 Å². The Morgan fingerprint density at radius 1 is 1.14 bits per heavy atom. The van der Waals surface area contributed by atoms with Crippen LogP contribution in [0.3, 0.4) is 0 Å². The first-order valence-corrected chi connectivity index (χ1v) is 8.47. The molecule has 21 heavy (non-hydrogen) atoms. The number of nitrogens with zero attached hydrogens (tertiary/aromatic N) is 3. The molecular formula is C15H18Br2N4. The third-order valence-corrected chi connectivity index (χ3v) is 4.28. The van der Waals surface area contributed by atoms with Crippen LogP contribution < -0.4 is 5.32 Å². The van der Waals surface area contributed by atoms with Gasteiger partial charge in [-0.2, -0.15) is 0 Å². The number of pyridine rings is 1. The van der Waals surface area contributed by atoms with E-state index in [0.29, 0.717) is 5.82 Å². The molecule has 0 aliphatic heterocycles. The molecule has 2 aromatic rings. The molecule has 2 aromatic heterocycles. The number of aryl methyl sites for hydroxylation is 2. The van der Waals surface area contributed by atoms with Gasteiger partial charge >= 0.3 is 0 Å². The summed E-state index contributed by atoms with van der Waals surface area (Å²) >= 11 is 6.92. The van der Waals surface area contributed by atoms with Crippen LogP contribution in [0.5, 0.6) is 0 Å². The van der Waals surface area contributed by atoms with Crippen LogP contribution in [0.15, 0.2) is 21.2 Å². The molecule has 4 nitrogen and oxygen atoms in total. The smallest absolute Gasteiger partial charge is 0.179 e. The predicted molar refractivity (Wildman–Crippen MR) is 92.4 cm³/mol. The van der Waals surface area contributed by atoms with E-state index in [1.165, 1.54) is 5.56 Å². The number of hydrogen-bond donors (Lipinski definition) is 1. The van der Waals surface area contributed by atoms with Gasteiger partial charge < -0.3 is 5.32 Å². The van der Waals surface area contributed by atoms with Crippen molar-refractivity contribution in [3.63, 3.8) is 0 Å². The Labute approximate surface area is 142 Å². The third-order valence-electron chi connectivity index (χ3n) is 3.24. The molecule has 0 fully saturated rings. The minimum atomic E-state index is 0.663. The molecule has 0 aromatic carbocycles. The van der Waals surface area contributed by atoms with E-state index in [2.05, 4.69) is 59.1 Å². The second-order valence-electron chi connectivity index (χ2n) is 4.78. The summed E-state index contributed by atoms with van der Waals surface area (Å²) in [6, 6.07) is 1.95. The lowest BCUT2D eigenvalue weighted by molar-refractivity contribution is 0.708. The van der Waals surface area contributed by atoms with Gasteiger partial charge in [0.15, 0.2) is 5.82 Å². The quantitative estimate of drug-likeness (QED) is 0.756. The molecule has 112 valence electrons. The Morgan fingerprint density at radius 2 is 1.81 bits per heavy atom. The van der Waals surface area contributed by atoms with Crippen molar-refractivity contribution < 1.29 is 0 Å². The zero-order valence-corrected chi connectivity index (χ0v) is 15.5. The largest absolute Gasteiger partial charge is 0.317 e. The van der Waals surface area contributed by atoms with E-state index in [9.17, 15) is 0 Å². The van der Waals surface area contributed by atoms with Crippen molar-refractivity contribution in [3.8, 4) is 11.5 Å². The van der Waals surface area contributed by atoms with E-state index in [1.54, 1.807) is 6.20 Å². The molecule has 0 spiro atoms. The highest BCUT2D eigenvalue weighted by atomic mass is 79.9. The minimum absolute atomic E-state index is 0.663. The molecule has 6 heteroatoms. The van der Waals surface area contributed by atoms with Gasteiger partial charge in [-0.05, 0) is 76.8 Å². The fourth-order valence-corrected chi connectivity index (χ4v) is 3.34. The molecule has 0 saturated heterocycles. The van der Waals surface area contributed by atoms with Gasteiger partial charge in [0, 0.05) is 26.5 Å². The van der Waals surface area contributed by atoms with Crippen molar-refractivity contribution in [3.05, 3.63) is 38.2 Å². The third kappa shape index (κ3) is 4.08. The molecule has 2 heterocycles. The van der Waals surface area contributed by atoms with Crippen LogP contribution in [0.2, 0.25) is 0 Å². The molecular weight excluding hydrogens is 396 g/mol. The van der Waals surface area contributed by atoms with Crippen LogP contribution in [0.1, 0.15) is 23.9 Å². The second-order valence-corrected chi connectivity index (χ2v) is 6.55. The maximum absolute atomic E-state index is 4.63. The number of aromatic nitrogens is 3. The van der Waals surface area contributed by atoms with Gasteiger partial charge in [0.1, 0.15) is 5.69 Å². The van der Waals surface area contributed by atoms with Gasteiger partial charge in [0.05, 0.1) is 0 Å². The summed E-state index contributed by atoms with van der Waals surface area (Å²) in [5, 5.41) is 3.33. The molecule has 0 aliphatic rings. The van der Waals surface area contributed by atoms with Crippen LogP contribution in [0.25, 0.3) is 11.5 Å². The summed E-state index contributed by atoms with van der Waals surface area (Å²) in [7, 11) is 0. The van der Waals surface area contributed by atoms with E-state index < -0.39 is 0 Å². The number of likely N-dealkylation sites (N-methyl/N-ethyl adjacent to an activating group) is 1. The highest BCUT2D eigenvalue weighted by Gasteiger charge is 2.13. The number of nitrogens with one attached hydrogen (secondary N) is 1. The first-order chi connectivity index (χ1) is 10.0. The Morgan fingerprint density at radius 3 is 2.38 bits per heavy atom. The van der Waals surface area contributed by atoms with Crippen LogP contribution in [-0.2, 0) is 6.42 Å². The molecule has 0 aliphatic carbocycles. The topological polar surface area (TPSA) is 50.7 Å². The van der Waals surface area contributed by atoms with Gasteiger partial charge in [-0.1, -0.05) is 6.92 Å². The van der Waals surface area contributed by atoms with E-state index in [4.69, 9.17) is 0 Å². The summed E-state index contributed by atoms with van der Waals surface area (Å²) in [4.78, 5) is 13.7. The van der Waals surface area contributed by atoms with Gasteiger partial charge in [0.25, 0.3) is 0 Å². The van der Waals surface area contributed by atoms with Gasteiger partial charge in [-0.15, -0.1) is 0 Å². The van der Waals surface area contributed by atoms with Crippen LogP contribution in [-0.4, -0.2) is 28.0 Å². The van der Waals surface area contributed by atoms with E-state index >= 15 is 0 Å². The van der Waals surface area contributed by atoms with Crippen LogP contribution >= 0.6 is 31.9 Å². The SMILES string of the molecule is CCNCCc1c(C)nc(-c2ncc(Br)cc2Br)nc1C. The van der Waals surface area contributed by atoms with E-state index in [1.807, 2.05) is 19.9 Å². The first kappa shape index (κ1) is 16.5. The molecule has 0 radical (unpaired) electrons. The maximum atomic E-state index is 4.63. The Kier molecular flexibility index (Phi) is 5.84. The van der Waals surface area contributed by atoms with Crippen molar-refractivity contribution in [2.75, 3.05) is 13.1 Å². The monoisotopic (exact) mass is 412 g/mol. The maximum Gasteiger partial charge on any atom is 0.179 e. The minimum Gasteiger partial charge on any atom is -0.317 e. The van der Waals surface area contributed by atoms with E-state index in [0.717, 1.165) is 45.5 Å². The summed E-state index contributed by atoms with van der Waals surface area (Å²) in [6.45, 7) is 8.10. The van der Waals surface area contributed by atoms with Crippen LogP contribution in [0.4, 0.5) is 0 Å². The summed E-state index contributed by atoms with van der Waals surface area (Å²) in [6.07, 6.45) is 2.70. The standard InChI is InChI=1S/C15H18Br2N4/c1-4-18-6-5-12-9(2)20-15(21-10(12)3)14-13(17)7-11(16)8-19-14/h7-8,18H,4-6H2,1-3H3. The Hall–Kier alpha value is -0.850. The average Bonchev–Trinajstić information content (AvgIpc) is 2.41. The predicted octanol–water partition coefficient (Wildman–Crippen LogP) is 3.83. The van der Waals surface area contributed by atoms with Crippen molar-refractivity contribution in [2.45, 2.75) is 27.2 Å². The summed E-state index contributed by atoms with van der Waals surface area (Å²) in [5.41, 5.74) is 4.02. The molecule has 2 rings (SSSR count). The Balaban J connectivity index is 2.35. The second kappa shape index (κ2) is 7.42. The van der Waals surface area contributed by atoms with Gasteiger partial charge in [0.2, 0.25) is 0 Å². The normalized spacial score (nSPS) is 10.9.